The van der Waals surface area contributed by atoms with Crippen LogP contribution in [0.15, 0.2) is 54.6 Å². The third kappa shape index (κ3) is 4.34. The number of rotatable bonds is 4. The molecule has 1 saturated heterocycles. The standard InChI is InChI=1S/C19H22N2O.ClH/c1-15-8-5-6-11-17(15)20-19(22)18-12-7-13-21(18)14-16-9-3-2-4-10-16;/h2-6,8-11,18H,7,12-14H2,1H3,(H,20,22);1H/t18-;/m0./s1. The van der Waals surface area contributed by atoms with Gasteiger partial charge in [-0.25, -0.2) is 0 Å². The van der Waals surface area contributed by atoms with Crippen LogP contribution < -0.4 is 5.32 Å². The van der Waals surface area contributed by atoms with E-state index in [-0.39, 0.29) is 24.4 Å². The summed E-state index contributed by atoms with van der Waals surface area (Å²) >= 11 is 0. The highest BCUT2D eigenvalue weighted by atomic mass is 35.5. The van der Waals surface area contributed by atoms with E-state index >= 15 is 0 Å². The lowest BCUT2D eigenvalue weighted by Crippen LogP contribution is -2.39. The zero-order valence-electron chi connectivity index (χ0n) is 13.4. The summed E-state index contributed by atoms with van der Waals surface area (Å²) in [4.78, 5) is 14.9. The summed E-state index contributed by atoms with van der Waals surface area (Å²) in [5.41, 5.74) is 3.28. The molecule has 2 aromatic rings. The molecule has 0 bridgehead atoms. The number of carbonyl (C=O) groups is 1. The van der Waals surface area contributed by atoms with Crippen LogP contribution in [0.25, 0.3) is 0 Å². The van der Waals surface area contributed by atoms with Gasteiger partial charge in [-0.1, -0.05) is 48.5 Å². The van der Waals surface area contributed by atoms with E-state index in [1.807, 2.05) is 49.4 Å². The lowest BCUT2D eigenvalue weighted by atomic mass is 10.1. The van der Waals surface area contributed by atoms with Gasteiger partial charge >= 0.3 is 0 Å². The van der Waals surface area contributed by atoms with Crippen molar-refractivity contribution in [1.29, 1.82) is 0 Å². The summed E-state index contributed by atoms with van der Waals surface area (Å²) in [7, 11) is 0. The van der Waals surface area contributed by atoms with E-state index in [4.69, 9.17) is 0 Å². The Hall–Kier alpha value is -1.84. The lowest BCUT2D eigenvalue weighted by molar-refractivity contribution is -0.120. The molecule has 1 amide bonds. The van der Waals surface area contributed by atoms with Gasteiger partial charge in [0.1, 0.15) is 0 Å². The molecule has 0 saturated carbocycles. The first-order chi connectivity index (χ1) is 10.7. The molecule has 1 N–H and O–H groups in total. The first kappa shape index (κ1) is 17.5. The molecule has 0 unspecified atom stereocenters. The zero-order chi connectivity index (χ0) is 15.4. The summed E-state index contributed by atoms with van der Waals surface area (Å²) in [6.45, 7) is 3.85. The van der Waals surface area contributed by atoms with Crippen molar-refractivity contribution in [2.45, 2.75) is 32.4 Å². The Balaban J connectivity index is 0.00000192. The first-order valence-electron chi connectivity index (χ1n) is 7.88. The number of likely N-dealkylation sites (tertiary alicyclic amines) is 1. The van der Waals surface area contributed by atoms with Crippen LogP contribution in [0.4, 0.5) is 5.69 Å². The Morgan fingerprint density at radius 3 is 2.57 bits per heavy atom. The molecule has 1 atom stereocenters. The van der Waals surface area contributed by atoms with E-state index in [1.54, 1.807) is 0 Å². The highest BCUT2D eigenvalue weighted by Gasteiger charge is 2.30. The fourth-order valence-corrected chi connectivity index (χ4v) is 3.06. The molecule has 1 aliphatic heterocycles. The number of aryl methyl sites for hydroxylation is 1. The Labute approximate surface area is 144 Å². The minimum Gasteiger partial charge on any atom is -0.324 e. The minimum absolute atomic E-state index is 0. The smallest absolute Gasteiger partial charge is 0.241 e. The molecular weight excluding hydrogens is 308 g/mol. The van der Waals surface area contributed by atoms with Crippen molar-refractivity contribution in [2.24, 2.45) is 0 Å². The van der Waals surface area contributed by atoms with Crippen molar-refractivity contribution in [2.75, 3.05) is 11.9 Å². The molecule has 3 rings (SSSR count). The van der Waals surface area contributed by atoms with Crippen LogP contribution in [0.5, 0.6) is 0 Å². The van der Waals surface area contributed by atoms with Gasteiger partial charge in [-0.3, -0.25) is 9.69 Å². The van der Waals surface area contributed by atoms with Crippen molar-refractivity contribution in [3.05, 3.63) is 65.7 Å². The number of halogens is 1. The van der Waals surface area contributed by atoms with Gasteiger partial charge in [0.15, 0.2) is 0 Å². The van der Waals surface area contributed by atoms with E-state index in [1.165, 1.54) is 5.56 Å². The number of carbonyl (C=O) groups excluding carboxylic acids is 1. The largest absolute Gasteiger partial charge is 0.324 e. The van der Waals surface area contributed by atoms with E-state index in [0.717, 1.165) is 37.2 Å². The predicted octanol–water partition coefficient (Wildman–Crippen LogP) is 4.02. The van der Waals surface area contributed by atoms with E-state index < -0.39 is 0 Å². The molecule has 122 valence electrons. The molecule has 23 heavy (non-hydrogen) atoms. The number of para-hydroxylation sites is 1. The fraction of sp³-hybridized carbons (Fsp3) is 0.316. The van der Waals surface area contributed by atoms with Gasteiger partial charge in [0.2, 0.25) is 5.91 Å². The third-order valence-corrected chi connectivity index (χ3v) is 4.30. The molecule has 1 fully saturated rings. The van der Waals surface area contributed by atoms with E-state index in [0.29, 0.717) is 0 Å². The average molecular weight is 331 g/mol. The number of amides is 1. The molecule has 2 aromatic carbocycles. The molecule has 0 radical (unpaired) electrons. The van der Waals surface area contributed by atoms with Crippen molar-refractivity contribution < 1.29 is 4.79 Å². The van der Waals surface area contributed by atoms with Gasteiger partial charge in [-0.2, -0.15) is 0 Å². The Bertz CT molecular complexity index is 645. The van der Waals surface area contributed by atoms with Gasteiger partial charge in [-0.15, -0.1) is 12.4 Å². The number of nitrogens with zero attached hydrogens (tertiary/aromatic N) is 1. The monoisotopic (exact) mass is 330 g/mol. The second-order valence-electron chi connectivity index (χ2n) is 5.92. The third-order valence-electron chi connectivity index (χ3n) is 4.30. The van der Waals surface area contributed by atoms with Gasteiger partial charge in [0.05, 0.1) is 6.04 Å². The lowest BCUT2D eigenvalue weighted by Gasteiger charge is -2.24. The molecule has 1 heterocycles. The quantitative estimate of drug-likeness (QED) is 0.918. The normalized spacial score (nSPS) is 17.5. The SMILES string of the molecule is Cc1ccccc1NC(=O)[C@@H]1CCCN1Cc1ccccc1.Cl. The molecule has 0 aliphatic carbocycles. The Morgan fingerprint density at radius 1 is 1.13 bits per heavy atom. The van der Waals surface area contributed by atoms with E-state index in [9.17, 15) is 4.79 Å². The van der Waals surface area contributed by atoms with E-state index in [2.05, 4.69) is 22.3 Å². The number of nitrogens with one attached hydrogen (secondary N) is 1. The van der Waals surface area contributed by atoms with Crippen LogP contribution in [0.1, 0.15) is 24.0 Å². The van der Waals surface area contributed by atoms with Gasteiger partial charge in [-0.05, 0) is 43.5 Å². The van der Waals surface area contributed by atoms with Crippen molar-refractivity contribution in [1.82, 2.24) is 4.90 Å². The van der Waals surface area contributed by atoms with Crippen molar-refractivity contribution in [3.8, 4) is 0 Å². The molecule has 1 aliphatic rings. The summed E-state index contributed by atoms with van der Waals surface area (Å²) in [5.74, 6) is 0.114. The maximum Gasteiger partial charge on any atom is 0.241 e. The second kappa shape index (κ2) is 8.14. The van der Waals surface area contributed by atoms with Crippen LogP contribution in [0, 0.1) is 6.92 Å². The van der Waals surface area contributed by atoms with Crippen LogP contribution >= 0.6 is 12.4 Å². The number of hydrogen-bond donors (Lipinski definition) is 1. The summed E-state index contributed by atoms with van der Waals surface area (Å²) in [6.07, 6.45) is 2.02. The Kier molecular flexibility index (Phi) is 6.20. The molecule has 0 aromatic heterocycles. The van der Waals surface area contributed by atoms with Gasteiger partial charge in [0.25, 0.3) is 0 Å². The number of benzene rings is 2. The Morgan fingerprint density at radius 2 is 1.83 bits per heavy atom. The summed E-state index contributed by atoms with van der Waals surface area (Å²) in [5, 5.41) is 3.09. The maximum absolute atomic E-state index is 12.6. The van der Waals surface area contributed by atoms with Crippen molar-refractivity contribution in [3.63, 3.8) is 0 Å². The highest BCUT2D eigenvalue weighted by Crippen LogP contribution is 2.22. The molecule has 3 nitrogen and oxygen atoms in total. The van der Waals surface area contributed by atoms with Crippen LogP contribution in [-0.2, 0) is 11.3 Å². The predicted molar refractivity (Wildman–Crippen MR) is 96.9 cm³/mol. The van der Waals surface area contributed by atoms with Crippen LogP contribution in [-0.4, -0.2) is 23.4 Å². The first-order valence-corrected chi connectivity index (χ1v) is 7.88. The number of anilines is 1. The van der Waals surface area contributed by atoms with Crippen LogP contribution in [0.3, 0.4) is 0 Å². The molecule has 0 spiro atoms. The summed E-state index contributed by atoms with van der Waals surface area (Å²) < 4.78 is 0. The van der Waals surface area contributed by atoms with Gasteiger partial charge < -0.3 is 5.32 Å². The van der Waals surface area contributed by atoms with Crippen molar-refractivity contribution >= 4 is 24.0 Å². The number of hydrogen-bond acceptors (Lipinski definition) is 2. The second-order valence-corrected chi connectivity index (χ2v) is 5.92. The molecule has 4 heteroatoms. The maximum atomic E-state index is 12.6. The average Bonchev–Trinajstić information content (AvgIpc) is 2.99. The molecular formula is C19H23ClN2O. The van der Waals surface area contributed by atoms with Gasteiger partial charge in [0, 0.05) is 12.2 Å². The summed E-state index contributed by atoms with van der Waals surface area (Å²) in [6, 6.07) is 18.3. The highest BCUT2D eigenvalue weighted by molar-refractivity contribution is 5.95. The zero-order valence-corrected chi connectivity index (χ0v) is 14.2. The minimum atomic E-state index is -0.0280. The fourth-order valence-electron chi connectivity index (χ4n) is 3.06. The topological polar surface area (TPSA) is 32.3 Å². The van der Waals surface area contributed by atoms with Crippen LogP contribution in [0.2, 0.25) is 0 Å².